The molecule has 36 heavy (non-hydrogen) atoms. The predicted molar refractivity (Wildman–Crippen MR) is 143 cm³/mol. The maximum Gasteiger partial charge on any atom is 0.263 e. The number of benzene rings is 1. The van der Waals surface area contributed by atoms with Gasteiger partial charge in [0.05, 0.1) is 34.8 Å². The maximum atomic E-state index is 12.9. The number of hydrogen-bond donors (Lipinski definition) is 2. The molecular weight excluding hydrogens is 470 g/mol. The Hall–Kier alpha value is -3.85. The molecule has 2 N–H and O–H groups in total. The van der Waals surface area contributed by atoms with Crippen LogP contribution in [0.2, 0.25) is 0 Å². The van der Waals surface area contributed by atoms with Gasteiger partial charge in [-0.1, -0.05) is 32.9 Å². The average molecular weight is 500 g/mol. The highest BCUT2D eigenvalue weighted by Crippen LogP contribution is 2.32. The Bertz CT molecular complexity index is 1570. The van der Waals surface area contributed by atoms with Crippen LogP contribution in [0, 0.1) is 6.92 Å². The van der Waals surface area contributed by atoms with Crippen LogP contribution in [0.15, 0.2) is 49.2 Å². The number of hydrogen-bond acceptors (Lipinski definition) is 6. The molecule has 4 heterocycles. The van der Waals surface area contributed by atoms with E-state index in [2.05, 4.69) is 76.2 Å². The van der Waals surface area contributed by atoms with Crippen LogP contribution in [0.25, 0.3) is 33.5 Å². The molecular formula is C27H29N7OS. The van der Waals surface area contributed by atoms with E-state index in [4.69, 9.17) is 0 Å². The normalized spacial score (nSPS) is 12.7. The molecule has 5 aromatic rings. The molecule has 1 unspecified atom stereocenters. The number of rotatable bonds is 5. The Balaban J connectivity index is 1.39. The lowest BCUT2D eigenvalue weighted by atomic mass is 9.97. The van der Waals surface area contributed by atoms with Crippen molar-refractivity contribution in [3.63, 3.8) is 0 Å². The molecule has 0 saturated carbocycles. The summed E-state index contributed by atoms with van der Waals surface area (Å²) in [5, 5.41) is 9.29. The van der Waals surface area contributed by atoms with Crippen molar-refractivity contribution < 1.29 is 4.79 Å². The molecule has 0 saturated heterocycles. The van der Waals surface area contributed by atoms with Gasteiger partial charge < -0.3 is 10.3 Å². The number of aryl methyl sites for hydroxylation is 2. The maximum absolute atomic E-state index is 12.9. The van der Waals surface area contributed by atoms with Gasteiger partial charge in [-0.3, -0.25) is 9.48 Å². The number of aromatic amines is 1. The summed E-state index contributed by atoms with van der Waals surface area (Å²) in [6.07, 6.45) is 7.03. The number of nitrogens with zero attached hydrogens (tertiary/aromatic N) is 5. The van der Waals surface area contributed by atoms with Gasteiger partial charge >= 0.3 is 0 Å². The first-order valence-corrected chi connectivity index (χ1v) is 12.6. The van der Waals surface area contributed by atoms with Gasteiger partial charge in [-0.2, -0.15) is 5.10 Å². The smallest absolute Gasteiger partial charge is 0.263 e. The van der Waals surface area contributed by atoms with Crippen molar-refractivity contribution in [2.75, 3.05) is 0 Å². The number of carbonyl (C=O) groups is 1. The van der Waals surface area contributed by atoms with Crippen LogP contribution in [0.5, 0.6) is 0 Å². The van der Waals surface area contributed by atoms with E-state index in [-0.39, 0.29) is 17.4 Å². The summed E-state index contributed by atoms with van der Waals surface area (Å²) in [4.78, 5) is 30.3. The van der Waals surface area contributed by atoms with Crippen molar-refractivity contribution in [3.05, 3.63) is 70.2 Å². The van der Waals surface area contributed by atoms with Crippen LogP contribution in [0.3, 0.4) is 0 Å². The Morgan fingerprint density at radius 2 is 1.92 bits per heavy atom. The molecule has 0 aliphatic heterocycles. The molecule has 0 aliphatic rings. The van der Waals surface area contributed by atoms with E-state index < -0.39 is 0 Å². The second-order valence-corrected chi connectivity index (χ2v) is 11.1. The highest BCUT2D eigenvalue weighted by atomic mass is 32.1. The Labute approximate surface area is 213 Å². The third-order valence-electron chi connectivity index (χ3n) is 6.17. The second-order valence-electron chi connectivity index (χ2n) is 10.1. The zero-order chi connectivity index (χ0) is 25.6. The van der Waals surface area contributed by atoms with Gasteiger partial charge in [-0.25, -0.2) is 15.0 Å². The zero-order valence-electron chi connectivity index (χ0n) is 21.2. The molecule has 184 valence electrons. The second kappa shape index (κ2) is 8.98. The number of H-pyrrole nitrogens is 1. The molecule has 1 aromatic carbocycles. The summed E-state index contributed by atoms with van der Waals surface area (Å²) in [5.41, 5.74) is 6.63. The van der Waals surface area contributed by atoms with E-state index in [1.165, 1.54) is 11.3 Å². The molecule has 1 amide bonds. The lowest BCUT2D eigenvalue weighted by Crippen LogP contribution is -2.26. The van der Waals surface area contributed by atoms with E-state index in [1.807, 2.05) is 32.4 Å². The highest BCUT2D eigenvalue weighted by Gasteiger charge is 2.22. The van der Waals surface area contributed by atoms with Gasteiger partial charge in [0.25, 0.3) is 5.91 Å². The summed E-state index contributed by atoms with van der Waals surface area (Å²) in [6, 6.07) is 8.14. The van der Waals surface area contributed by atoms with Crippen molar-refractivity contribution in [2.24, 2.45) is 7.05 Å². The minimum absolute atomic E-state index is 0.0775. The third-order valence-corrected chi connectivity index (χ3v) is 7.59. The van der Waals surface area contributed by atoms with Crippen molar-refractivity contribution >= 4 is 28.3 Å². The summed E-state index contributed by atoms with van der Waals surface area (Å²) >= 11 is 1.45. The van der Waals surface area contributed by atoms with Crippen molar-refractivity contribution in [1.29, 1.82) is 0 Å². The highest BCUT2D eigenvalue weighted by molar-refractivity contribution is 7.13. The number of nitrogens with one attached hydrogen (secondary N) is 2. The van der Waals surface area contributed by atoms with Crippen LogP contribution >= 0.6 is 11.3 Å². The SMILES string of the molecule is Cc1cc(-c2ncnc3[nH]c(-c4cnn(C)c4)cc23)ccc1C(C)NC(=O)c1cnc(C(C)(C)C)s1. The molecule has 8 nitrogen and oxygen atoms in total. The van der Waals surface area contributed by atoms with Gasteiger partial charge in [0, 0.05) is 35.2 Å². The lowest BCUT2D eigenvalue weighted by Gasteiger charge is -2.17. The molecule has 9 heteroatoms. The number of thiazole rings is 1. The van der Waals surface area contributed by atoms with Gasteiger partial charge in [-0.15, -0.1) is 11.3 Å². The molecule has 0 aliphatic carbocycles. The Morgan fingerprint density at radius 1 is 1.11 bits per heavy atom. The largest absolute Gasteiger partial charge is 0.345 e. The topological polar surface area (TPSA) is 101 Å². The van der Waals surface area contributed by atoms with Crippen LogP contribution in [-0.2, 0) is 12.5 Å². The molecule has 0 spiro atoms. The van der Waals surface area contributed by atoms with Crippen molar-refractivity contribution in [1.82, 2.24) is 35.0 Å². The van der Waals surface area contributed by atoms with E-state index in [9.17, 15) is 4.79 Å². The van der Waals surface area contributed by atoms with Crippen LogP contribution < -0.4 is 5.32 Å². The predicted octanol–water partition coefficient (Wildman–Crippen LogP) is 5.58. The molecule has 0 fully saturated rings. The molecule has 4 aromatic heterocycles. The quantitative estimate of drug-likeness (QED) is 0.329. The first-order chi connectivity index (χ1) is 17.1. The standard InChI is InChI=1S/C27H29N7OS/c1-15-9-17(23-20-10-21(18-11-31-34(6)13-18)33-24(20)30-14-29-23)7-8-19(15)16(2)32-25(35)22-12-28-26(36-22)27(3,4)5/h7-14,16H,1-6H3,(H,32,35)(H,29,30,33). The number of amides is 1. The number of carbonyl (C=O) groups excluding carboxylic acids is 1. The van der Waals surface area contributed by atoms with Gasteiger partial charge in [0.15, 0.2) is 0 Å². The third kappa shape index (κ3) is 4.54. The van der Waals surface area contributed by atoms with Crippen LogP contribution in [0.4, 0.5) is 0 Å². The molecule has 5 rings (SSSR count). The van der Waals surface area contributed by atoms with Crippen molar-refractivity contribution in [3.8, 4) is 22.5 Å². The van der Waals surface area contributed by atoms with E-state index in [0.29, 0.717) is 4.88 Å². The first-order valence-electron chi connectivity index (χ1n) is 11.8. The van der Waals surface area contributed by atoms with Crippen LogP contribution in [-0.4, -0.2) is 35.6 Å². The van der Waals surface area contributed by atoms with E-state index in [0.717, 1.165) is 49.7 Å². The Morgan fingerprint density at radius 3 is 2.58 bits per heavy atom. The number of fused-ring (bicyclic) bond motifs is 1. The minimum Gasteiger partial charge on any atom is -0.345 e. The summed E-state index contributed by atoms with van der Waals surface area (Å²) in [5.74, 6) is -0.105. The minimum atomic E-state index is -0.151. The van der Waals surface area contributed by atoms with Gasteiger partial charge in [0.1, 0.15) is 16.9 Å². The fraction of sp³-hybridized carbons (Fsp3) is 0.296. The van der Waals surface area contributed by atoms with E-state index >= 15 is 0 Å². The first kappa shape index (κ1) is 23.9. The summed E-state index contributed by atoms with van der Waals surface area (Å²) in [6.45, 7) is 10.3. The Kier molecular flexibility index (Phi) is 5.96. The fourth-order valence-corrected chi connectivity index (χ4v) is 5.14. The zero-order valence-corrected chi connectivity index (χ0v) is 22.1. The summed E-state index contributed by atoms with van der Waals surface area (Å²) in [7, 11) is 1.89. The van der Waals surface area contributed by atoms with Gasteiger partial charge in [0.2, 0.25) is 0 Å². The van der Waals surface area contributed by atoms with Crippen molar-refractivity contribution in [2.45, 2.75) is 46.1 Å². The summed E-state index contributed by atoms with van der Waals surface area (Å²) < 4.78 is 1.77. The molecule has 0 bridgehead atoms. The van der Waals surface area contributed by atoms with E-state index in [1.54, 1.807) is 17.2 Å². The molecule has 0 radical (unpaired) electrons. The average Bonchev–Trinajstić information content (AvgIpc) is 3.57. The van der Waals surface area contributed by atoms with Crippen LogP contribution in [0.1, 0.15) is 59.5 Å². The monoisotopic (exact) mass is 499 g/mol. The van der Waals surface area contributed by atoms with Gasteiger partial charge in [-0.05, 0) is 37.1 Å². The molecule has 1 atom stereocenters. The lowest BCUT2D eigenvalue weighted by molar-refractivity contribution is 0.0943. The number of aromatic nitrogens is 6. The fourth-order valence-electron chi connectivity index (χ4n) is 4.27.